The number of halogens is 1. The van der Waals surface area contributed by atoms with Gasteiger partial charge >= 0.3 is 0 Å². The van der Waals surface area contributed by atoms with Crippen molar-refractivity contribution < 1.29 is 0 Å². The average molecular weight is 247 g/mol. The van der Waals surface area contributed by atoms with Crippen LogP contribution in [0.15, 0.2) is 36.5 Å². The molecule has 2 nitrogen and oxygen atoms in total. The molecule has 0 saturated heterocycles. The number of likely N-dealkylation sites (N-methyl/N-ethyl adjacent to an activating group) is 1. The molecule has 3 heteroatoms. The van der Waals surface area contributed by atoms with Crippen molar-refractivity contribution in [1.82, 2.24) is 10.3 Å². The molecule has 17 heavy (non-hydrogen) atoms. The first-order valence-corrected chi connectivity index (χ1v) is 6.11. The van der Waals surface area contributed by atoms with Gasteiger partial charge in [-0.1, -0.05) is 36.7 Å². The Morgan fingerprint density at radius 2 is 2.24 bits per heavy atom. The number of hydrogen-bond acceptors (Lipinski definition) is 2. The van der Waals surface area contributed by atoms with Crippen LogP contribution < -0.4 is 5.32 Å². The van der Waals surface area contributed by atoms with Gasteiger partial charge < -0.3 is 5.32 Å². The second kappa shape index (κ2) is 5.80. The highest BCUT2D eigenvalue weighted by Crippen LogP contribution is 2.25. The summed E-state index contributed by atoms with van der Waals surface area (Å²) < 4.78 is 0. The topological polar surface area (TPSA) is 24.9 Å². The summed E-state index contributed by atoms with van der Waals surface area (Å²) in [6, 6.07) is 7.81. The molecule has 0 spiro atoms. The van der Waals surface area contributed by atoms with Crippen LogP contribution in [0.25, 0.3) is 17.0 Å². The van der Waals surface area contributed by atoms with E-state index in [2.05, 4.69) is 29.4 Å². The molecule has 0 atom stereocenters. The first-order chi connectivity index (χ1) is 8.33. The smallest absolute Gasteiger partial charge is 0.0789 e. The van der Waals surface area contributed by atoms with Crippen LogP contribution in [0.4, 0.5) is 0 Å². The Morgan fingerprint density at radius 1 is 1.35 bits per heavy atom. The SMILES string of the molecule is CCNC/C=C/c1ccc(Cl)c2cccnc12. The van der Waals surface area contributed by atoms with Crippen LogP contribution in [-0.2, 0) is 0 Å². The number of benzene rings is 1. The maximum Gasteiger partial charge on any atom is 0.0789 e. The predicted octanol–water partition coefficient (Wildman–Crippen LogP) is 3.51. The third-order valence-electron chi connectivity index (χ3n) is 2.56. The summed E-state index contributed by atoms with van der Waals surface area (Å²) in [6.45, 7) is 3.94. The summed E-state index contributed by atoms with van der Waals surface area (Å²) in [4.78, 5) is 4.38. The summed E-state index contributed by atoms with van der Waals surface area (Å²) in [7, 11) is 0. The lowest BCUT2D eigenvalue weighted by molar-refractivity contribution is 0.801. The molecule has 0 aliphatic carbocycles. The molecule has 1 aromatic heterocycles. The fourth-order valence-electron chi connectivity index (χ4n) is 1.71. The molecule has 1 N–H and O–H groups in total. The van der Waals surface area contributed by atoms with E-state index in [0.717, 1.165) is 34.6 Å². The maximum absolute atomic E-state index is 6.14. The van der Waals surface area contributed by atoms with Gasteiger partial charge in [0.15, 0.2) is 0 Å². The zero-order valence-electron chi connectivity index (χ0n) is 9.78. The first kappa shape index (κ1) is 12.1. The lowest BCUT2D eigenvalue weighted by atomic mass is 10.1. The van der Waals surface area contributed by atoms with E-state index in [-0.39, 0.29) is 0 Å². The summed E-state index contributed by atoms with van der Waals surface area (Å²) in [5.74, 6) is 0. The minimum absolute atomic E-state index is 0.747. The minimum Gasteiger partial charge on any atom is -0.314 e. The van der Waals surface area contributed by atoms with Crippen LogP contribution in [0.3, 0.4) is 0 Å². The zero-order valence-corrected chi connectivity index (χ0v) is 10.5. The molecule has 0 aliphatic rings. The van der Waals surface area contributed by atoms with E-state index in [1.54, 1.807) is 6.20 Å². The van der Waals surface area contributed by atoms with Crippen molar-refractivity contribution in [3.05, 3.63) is 47.1 Å². The standard InChI is InChI=1S/C14H15ClN2/c1-2-16-9-3-5-11-7-8-13(15)12-6-4-10-17-14(11)12/h3-8,10,16H,2,9H2,1H3/b5-3+. The molecule has 0 unspecified atom stereocenters. The third-order valence-corrected chi connectivity index (χ3v) is 2.89. The third kappa shape index (κ3) is 2.84. The van der Waals surface area contributed by atoms with Crippen LogP contribution in [0, 0.1) is 0 Å². The highest BCUT2D eigenvalue weighted by atomic mass is 35.5. The average Bonchev–Trinajstić information content (AvgIpc) is 2.37. The van der Waals surface area contributed by atoms with Crippen molar-refractivity contribution in [2.75, 3.05) is 13.1 Å². The first-order valence-electron chi connectivity index (χ1n) is 5.73. The van der Waals surface area contributed by atoms with Gasteiger partial charge in [-0.15, -0.1) is 0 Å². The maximum atomic E-state index is 6.14. The molecule has 0 radical (unpaired) electrons. The molecule has 1 aromatic carbocycles. The summed E-state index contributed by atoms with van der Waals surface area (Å²) in [5, 5.41) is 4.99. The molecule has 0 amide bonds. The lowest BCUT2D eigenvalue weighted by Gasteiger charge is -2.03. The Morgan fingerprint density at radius 3 is 3.06 bits per heavy atom. The number of rotatable bonds is 4. The number of nitrogens with one attached hydrogen (secondary N) is 1. The monoisotopic (exact) mass is 246 g/mol. The lowest BCUT2D eigenvalue weighted by Crippen LogP contribution is -2.11. The molecule has 2 rings (SSSR count). The number of hydrogen-bond donors (Lipinski definition) is 1. The van der Waals surface area contributed by atoms with Crippen molar-refractivity contribution in [2.24, 2.45) is 0 Å². The van der Waals surface area contributed by atoms with Crippen molar-refractivity contribution in [3.8, 4) is 0 Å². The van der Waals surface area contributed by atoms with Crippen LogP contribution >= 0.6 is 11.6 Å². The van der Waals surface area contributed by atoms with Gasteiger partial charge in [0.05, 0.1) is 10.5 Å². The second-order valence-electron chi connectivity index (χ2n) is 3.75. The van der Waals surface area contributed by atoms with Crippen molar-refractivity contribution >= 4 is 28.6 Å². The van der Waals surface area contributed by atoms with E-state index < -0.39 is 0 Å². The summed E-state index contributed by atoms with van der Waals surface area (Å²) in [6.07, 6.45) is 5.97. The van der Waals surface area contributed by atoms with Crippen LogP contribution in [0.2, 0.25) is 5.02 Å². The van der Waals surface area contributed by atoms with Gasteiger partial charge in [-0.2, -0.15) is 0 Å². The normalized spacial score (nSPS) is 11.4. The van der Waals surface area contributed by atoms with Gasteiger partial charge in [0.25, 0.3) is 0 Å². The van der Waals surface area contributed by atoms with Crippen LogP contribution in [0.5, 0.6) is 0 Å². The van der Waals surface area contributed by atoms with E-state index >= 15 is 0 Å². The van der Waals surface area contributed by atoms with Crippen LogP contribution in [0.1, 0.15) is 12.5 Å². The van der Waals surface area contributed by atoms with Crippen molar-refractivity contribution in [2.45, 2.75) is 6.92 Å². The highest BCUT2D eigenvalue weighted by molar-refractivity contribution is 6.35. The zero-order chi connectivity index (χ0) is 12.1. The van der Waals surface area contributed by atoms with E-state index in [0.29, 0.717) is 0 Å². The quantitative estimate of drug-likeness (QED) is 0.835. The molecule has 88 valence electrons. The molecular formula is C14H15ClN2. The number of nitrogens with zero attached hydrogens (tertiary/aromatic N) is 1. The minimum atomic E-state index is 0.747. The fraction of sp³-hybridized carbons (Fsp3) is 0.214. The van der Waals surface area contributed by atoms with Gasteiger partial charge in [-0.3, -0.25) is 4.98 Å². The highest BCUT2D eigenvalue weighted by Gasteiger charge is 2.02. The molecular weight excluding hydrogens is 232 g/mol. The summed E-state index contributed by atoms with van der Waals surface area (Å²) >= 11 is 6.14. The second-order valence-corrected chi connectivity index (χ2v) is 4.15. The molecule has 0 bridgehead atoms. The Hall–Kier alpha value is -1.38. The number of aromatic nitrogens is 1. The van der Waals surface area contributed by atoms with E-state index in [9.17, 15) is 0 Å². The molecule has 0 aliphatic heterocycles. The van der Waals surface area contributed by atoms with Crippen molar-refractivity contribution in [1.29, 1.82) is 0 Å². The molecule has 0 saturated carbocycles. The number of pyridine rings is 1. The van der Waals surface area contributed by atoms with Gasteiger partial charge in [-0.05, 0) is 24.7 Å². The fourth-order valence-corrected chi connectivity index (χ4v) is 1.92. The van der Waals surface area contributed by atoms with Gasteiger partial charge in [0.2, 0.25) is 0 Å². The van der Waals surface area contributed by atoms with Gasteiger partial charge in [0, 0.05) is 23.7 Å². The Kier molecular flexibility index (Phi) is 4.13. The summed E-state index contributed by atoms with van der Waals surface area (Å²) in [5.41, 5.74) is 2.05. The Bertz CT molecular complexity index is 535. The van der Waals surface area contributed by atoms with E-state index in [1.807, 2.05) is 24.3 Å². The van der Waals surface area contributed by atoms with Crippen LogP contribution in [-0.4, -0.2) is 18.1 Å². The molecule has 2 aromatic rings. The number of fused-ring (bicyclic) bond motifs is 1. The van der Waals surface area contributed by atoms with E-state index in [4.69, 9.17) is 11.6 Å². The Balaban J connectivity index is 2.35. The van der Waals surface area contributed by atoms with Gasteiger partial charge in [0.1, 0.15) is 0 Å². The molecule has 1 heterocycles. The predicted molar refractivity (Wildman–Crippen MR) is 74.3 cm³/mol. The largest absolute Gasteiger partial charge is 0.314 e. The van der Waals surface area contributed by atoms with E-state index in [1.165, 1.54) is 0 Å². The van der Waals surface area contributed by atoms with Crippen molar-refractivity contribution in [3.63, 3.8) is 0 Å². The Labute approximate surface area is 106 Å². The van der Waals surface area contributed by atoms with Gasteiger partial charge in [-0.25, -0.2) is 0 Å². The molecule has 0 fully saturated rings.